The second-order valence-corrected chi connectivity index (χ2v) is 4.27. The Labute approximate surface area is 101 Å². The number of hydrogen-bond acceptors (Lipinski definition) is 1. The largest absolute Gasteiger partial charge is 0.300 e. The number of ketones is 1. The summed E-state index contributed by atoms with van der Waals surface area (Å²) in [5.41, 5.74) is 0. The third kappa shape index (κ3) is 13.2. The number of unbranched alkanes of at least 4 members (excludes halogenated alkanes) is 4. The molecule has 1 heteroatoms. The Bertz CT molecular complexity index is 213. The number of rotatable bonds is 10. The molecule has 1 nitrogen and oxygen atoms in total. The molecule has 0 bridgehead atoms. The normalized spacial score (nSPS) is 11.6. The zero-order chi connectivity index (χ0) is 12.1. The SMILES string of the molecule is CCCCC/C=C/C/C=C/CCCC(C)=O. The van der Waals surface area contributed by atoms with E-state index in [1.165, 1.54) is 25.7 Å². The molecule has 0 saturated carbocycles. The van der Waals surface area contributed by atoms with Crippen LogP contribution in [0.1, 0.15) is 65.2 Å². The lowest BCUT2D eigenvalue weighted by Crippen LogP contribution is -1.87. The Balaban J connectivity index is 3.23. The molecule has 0 unspecified atom stereocenters. The minimum absolute atomic E-state index is 0.296. The van der Waals surface area contributed by atoms with Gasteiger partial charge in [0.05, 0.1) is 0 Å². The van der Waals surface area contributed by atoms with Crippen molar-refractivity contribution in [1.29, 1.82) is 0 Å². The molecule has 16 heavy (non-hydrogen) atoms. The van der Waals surface area contributed by atoms with Crippen LogP contribution in [0.25, 0.3) is 0 Å². The summed E-state index contributed by atoms with van der Waals surface area (Å²) in [6.45, 7) is 3.89. The third-order valence-corrected chi connectivity index (χ3v) is 2.48. The van der Waals surface area contributed by atoms with Gasteiger partial charge in [0.2, 0.25) is 0 Å². The van der Waals surface area contributed by atoms with Crippen molar-refractivity contribution < 1.29 is 4.79 Å². The summed E-state index contributed by atoms with van der Waals surface area (Å²) >= 11 is 0. The van der Waals surface area contributed by atoms with Gasteiger partial charge in [0.1, 0.15) is 5.78 Å². The van der Waals surface area contributed by atoms with Crippen molar-refractivity contribution in [3.8, 4) is 0 Å². The van der Waals surface area contributed by atoms with Crippen LogP contribution in [0.2, 0.25) is 0 Å². The summed E-state index contributed by atoms with van der Waals surface area (Å²) in [6.07, 6.45) is 17.8. The molecular formula is C15H26O. The monoisotopic (exact) mass is 222 g/mol. The first-order valence-corrected chi connectivity index (χ1v) is 6.56. The summed E-state index contributed by atoms with van der Waals surface area (Å²) < 4.78 is 0. The predicted octanol–water partition coefficient (Wildman–Crippen LogP) is 4.83. The van der Waals surface area contributed by atoms with E-state index in [0.29, 0.717) is 5.78 Å². The Morgan fingerprint density at radius 1 is 0.938 bits per heavy atom. The van der Waals surface area contributed by atoms with Gasteiger partial charge in [0.25, 0.3) is 0 Å². The number of carbonyl (C=O) groups is 1. The fraction of sp³-hybridized carbons (Fsp3) is 0.667. The standard InChI is InChI=1S/C15H26O/c1-3-4-5-6-7-8-9-10-11-12-13-14-15(2)16/h7-8,10-11H,3-6,9,12-14H2,1-2H3/b8-7+,11-10+. The van der Waals surface area contributed by atoms with Crippen molar-refractivity contribution in [1.82, 2.24) is 0 Å². The van der Waals surface area contributed by atoms with Gasteiger partial charge < -0.3 is 4.79 Å². The number of hydrogen-bond donors (Lipinski definition) is 0. The summed E-state index contributed by atoms with van der Waals surface area (Å²) in [4.78, 5) is 10.7. The van der Waals surface area contributed by atoms with Gasteiger partial charge in [-0.3, -0.25) is 0 Å². The fourth-order valence-corrected chi connectivity index (χ4v) is 1.49. The van der Waals surface area contributed by atoms with Crippen LogP contribution in [0.5, 0.6) is 0 Å². The Morgan fingerprint density at radius 2 is 1.56 bits per heavy atom. The second kappa shape index (κ2) is 12.2. The number of carbonyl (C=O) groups excluding carboxylic acids is 1. The topological polar surface area (TPSA) is 17.1 Å². The van der Waals surface area contributed by atoms with Crippen molar-refractivity contribution in [3.05, 3.63) is 24.3 Å². The van der Waals surface area contributed by atoms with Gasteiger partial charge in [-0.2, -0.15) is 0 Å². The molecule has 0 amide bonds. The molecule has 92 valence electrons. The Hall–Kier alpha value is -0.850. The van der Waals surface area contributed by atoms with Gasteiger partial charge in [-0.1, -0.05) is 44.1 Å². The van der Waals surface area contributed by atoms with Gasteiger partial charge in [0, 0.05) is 6.42 Å². The van der Waals surface area contributed by atoms with E-state index in [-0.39, 0.29) is 0 Å². The maximum atomic E-state index is 10.7. The Morgan fingerprint density at radius 3 is 2.12 bits per heavy atom. The lowest BCUT2D eigenvalue weighted by molar-refractivity contribution is -0.117. The summed E-state index contributed by atoms with van der Waals surface area (Å²) in [5, 5.41) is 0. The Kier molecular flexibility index (Phi) is 11.6. The first kappa shape index (κ1) is 15.2. The first-order chi connectivity index (χ1) is 7.77. The predicted molar refractivity (Wildman–Crippen MR) is 71.6 cm³/mol. The average molecular weight is 222 g/mol. The van der Waals surface area contributed by atoms with Crippen LogP contribution >= 0.6 is 0 Å². The lowest BCUT2D eigenvalue weighted by atomic mass is 10.1. The zero-order valence-corrected chi connectivity index (χ0v) is 10.9. The van der Waals surface area contributed by atoms with E-state index in [2.05, 4.69) is 31.2 Å². The van der Waals surface area contributed by atoms with Gasteiger partial charge in [0.15, 0.2) is 0 Å². The van der Waals surface area contributed by atoms with Crippen molar-refractivity contribution >= 4 is 5.78 Å². The van der Waals surface area contributed by atoms with Gasteiger partial charge in [-0.15, -0.1) is 0 Å². The highest BCUT2D eigenvalue weighted by atomic mass is 16.1. The zero-order valence-electron chi connectivity index (χ0n) is 10.9. The maximum absolute atomic E-state index is 10.7. The van der Waals surface area contributed by atoms with E-state index < -0.39 is 0 Å². The molecule has 0 spiro atoms. The van der Waals surface area contributed by atoms with Gasteiger partial charge >= 0.3 is 0 Å². The molecule has 0 fully saturated rings. The maximum Gasteiger partial charge on any atom is 0.129 e. The van der Waals surface area contributed by atoms with E-state index in [0.717, 1.165) is 25.7 Å². The highest BCUT2D eigenvalue weighted by Gasteiger charge is 1.89. The van der Waals surface area contributed by atoms with E-state index in [9.17, 15) is 4.79 Å². The molecule has 0 aliphatic heterocycles. The van der Waals surface area contributed by atoms with Crippen LogP contribution in [0, 0.1) is 0 Å². The number of allylic oxidation sites excluding steroid dienone is 4. The molecule has 0 atom stereocenters. The molecule has 0 aliphatic rings. The van der Waals surface area contributed by atoms with Crippen LogP contribution in [0.3, 0.4) is 0 Å². The summed E-state index contributed by atoms with van der Waals surface area (Å²) in [7, 11) is 0. The highest BCUT2D eigenvalue weighted by molar-refractivity contribution is 5.75. The third-order valence-electron chi connectivity index (χ3n) is 2.48. The van der Waals surface area contributed by atoms with Crippen LogP contribution in [-0.2, 0) is 4.79 Å². The van der Waals surface area contributed by atoms with E-state index in [4.69, 9.17) is 0 Å². The van der Waals surface area contributed by atoms with Crippen molar-refractivity contribution in [2.45, 2.75) is 65.2 Å². The molecule has 0 saturated heterocycles. The van der Waals surface area contributed by atoms with Crippen molar-refractivity contribution in [2.75, 3.05) is 0 Å². The smallest absolute Gasteiger partial charge is 0.129 e. The molecular weight excluding hydrogens is 196 g/mol. The van der Waals surface area contributed by atoms with Crippen LogP contribution < -0.4 is 0 Å². The van der Waals surface area contributed by atoms with Crippen LogP contribution in [0.4, 0.5) is 0 Å². The highest BCUT2D eigenvalue weighted by Crippen LogP contribution is 2.01. The van der Waals surface area contributed by atoms with Gasteiger partial charge in [-0.05, 0) is 39.0 Å². The average Bonchev–Trinajstić information content (AvgIpc) is 2.25. The summed E-state index contributed by atoms with van der Waals surface area (Å²) in [6, 6.07) is 0. The van der Waals surface area contributed by atoms with Crippen molar-refractivity contribution in [2.24, 2.45) is 0 Å². The minimum Gasteiger partial charge on any atom is -0.300 e. The summed E-state index contributed by atoms with van der Waals surface area (Å²) in [5.74, 6) is 0.296. The molecule has 0 aromatic rings. The quantitative estimate of drug-likeness (QED) is 0.382. The van der Waals surface area contributed by atoms with Crippen molar-refractivity contribution in [3.63, 3.8) is 0 Å². The molecule has 0 aromatic heterocycles. The lowest BCUT2D eigenvalue weighted by Gasteiger charge is -1.92. The minimum atomic E-state index is 0.296. The fourth-order valence-electron chi connectivity index (χ4n) is 1.49. The van der Waals surface area contributed by atoms with Gasteiger partial charge in [-0.25, -0.2) is 0 Å². The molecule has 0 aromatic carbocycles. The van der Waals surface area contributed by atoms with E-state index in [1.54, 1.807) is 6.92 Å². The van der Waals surface area contributed by atoms with E-state index >= 15 is 0 Å². The molecule has 0 radical (unpaired) electrons. The van der Waals surface area contributed by atoms with Crippen LogP contribution in [0.15, 0.2) is 24.3 Å². The first-order valence-electron chi connectivity index (χ1n) is 6.56. The molecule has 0 heterocycles. The molecule has 0 aliphatic carbocycles. The molecule has 0 N–H and O–H groups in total. The molecule has 0 rings (SSSR count). The van der Waals surface area contributed by atoms with Crippen LogP contribution in [-0.4, -0.2) is 5.78 Å². The number of Topliss-reactive ketones (excluding diaryl/α,β-unsaturated/α-hetero) is 1. The van der Waals surface area contributed by atoms with E-state index in [1.807, 2.05) is 0 Å². The second-order valence-electron chi connectivity index (χ2n) is 4.27.